The first kappa shape index (κ1) is 18.0. The zero-order valence-electron chi connectivity index (χ0n) is 14.3. The number of rotatable bonds is 5. The molecule has 0 aliphatic heterocycles. The molecule has 3 aromatic rings. The molecule has 0 spiro atoms. The molecule has 0 aliphatic carbocycles. The first-order chi connectivity index (χ1) is 13.1. The van der Waals surface area contributed by atoms with E-state index in [1.807, 2.05) is 0 Å². The zero-order valence-corrected chi connectivity index (χ0v) is 14.3. The highest BCUT2D eigenvalue weighted by Gasteiger charge is 2.11. The van der Waals surface area contributed by atoms with Crippen LogP contribution in [-0.2, 0) is 4.74 Å². The van der Waals surface area contributed by atoms with E-state index >= 15 is 0 Å². The molecule has 1 heterocycles. The van der Waals surface area contributed by atoms with Gasteiger partial charge in [-0.15, -0.1) is 0 Å². The van der Waals surface area contributed by atoms with Crippen molar-refractivity contribution in [2.24, 2.45) is 0 Å². The molecule has 0 radical (unpaired) electrons. The lowest BCUT2D eigenvalue weighted by atomic mass is 10.2. The predicted molar refractivity (Wildman–Crippen MR) is 97.4 cm³/mol. The van der Waals surface area contributed by atoms with Crippen molar-refractivity contribution >= 4 is 29.1 Å². The molecule has 0 atom stereocenters. The van der Waals surface area contributed by atoms with Crippen LogP contribution in [0.4, 0.5) is 21.6 Å². The predicted octanol–water partition coefficient (Wildman–Crippen LogP) is 3.40. The monoisotopic (exact) mass is 366 g/mol. The molecule has 1 amide bonds. The van der Waals surface area contributed by atoms with Gasteiger partial charge >= 0.3 is 5.97 Å². The molecule has 2 aromatic carbocycles. The van der Waals surface area contributed by atoms with Gasteiger partial charge in [-0.1, -0.05) is 18.2 Å². The number of methoxy groups -OCH3 is 1. The van der Waals surface area contributed by atoms with Gasteiger partial charge in [-0.2, -0.15) is 0 Å². The minimum absolute atomic E-state index is 0.0672. The fourth-order valence-electron chi connectivity index (χ4n) is 2.25. The Labute approximate surface area is 154 Å². The van der Waals surface area contributed by atoms with Gasteiger partial charge in [0.05, 0.1) is 30.8 Å². The van der Waals surface area contributed by atoms with Crippen molar-refractivity contribution < 1.29 is 18.7 Å². The average molecular weight is 366 g/mol. The lowest BCUT2D eigenvalue weighted by Crippen LogP contribution is -2.15. The normalized spacial score (nSPS) is 10.1. The number of esters is 1. The first-order valence-electron chi connectivity index (χ1n) is 7.90. The molecule has 0 saturated carbocycles. The molecule has 27 heavy (non-hydrogen) atoms. The van der Waals surface area contributed by atoms with Gasteiger partial charge in [0.1, 0.15) is 17.3 Å². The van der Waals surface area contributed by atoms with Crippen LogP contribution in [-0.4, -0.2) is 29.0 Å². The van der Waals surface area contributed by atoms with Gasteiger partial charge < -0.3 is 15.4 Å². The third-order valence-electron chi connectivity index (χ3n) is 3.56. The number of carbonyl (C=O) groups is 2. The van der Waals surface area contributed by atoms with E-state index in [1.54, 1.807) is 36.4 Å². The summed E-state index contributed by atoms with van der Waals surface area (Å²) >= 11 is 0. The number of benzene rings is 2. The lowest BCUT2D eigenvalue weighted by molar-refractivity contribution is 0.0600. The molecule has 7 nitrogen and oxygen atoms in total. The molecule has 0 unspecified atom stereocenters. The van der Waals surface area contributed by atoms with Crippen molar-refractivity contribution in [2.45, 2.75) is 0 Å². The number of nitrogens with one attached hydrogen (secondary N) is 2. The van der Waals surface area contributed by atoms with E-state index < -0.39 is 17.7 Å². The Morgan fingerprint density at radius 2 is 1.85 bits per heavy atom. The maximum atomic E-state index is 13.6. The van der Waals surface area contributed by atoms with E-state index in [2.05, 4.69) is 25.3 Å². The molecule has 3 rings (SSSR count). The van der Waals surface area contributed by atoms with Crippen LogP contribution >= 0.6 is 0 Å². The summed E-state index contributed by atoms with van der Waals surface area (Å²) in [5.74, 6) is -1.13. The Hall–Kier alpha value is -3.81. The van der Waals surface area contributed by atoms with Crippen molar-refractivity contribution in [1.29, 1.82) is 0 Å². The second-order valence-electron chi connectivity index (χ2n) is 5.42. The topological polar surface area (TPSA) is 93.2 Å². The highest BCUT2D eigenvalue weighted by Crippen LogP contribution is 2.17. The summed E-state index contributed by atoms with van der Waals surface area (Å²) in [5.41, 5.74) is 1.05. The second-order valence-corrected chi connectivity index (χ2v) is 5.42. The average Bonchev–Trinajstić information content (AvgIpc) is 2.70. The standard InChI is InChI=1S/C19H15FN4O3/c1-27-19(26)12-5-4-6-13(9-12)23-18(25)16-10-22-17(11-21-16)24-15-8-3-2-7-14(15)20/h2-11H,1H3,(H,22,24)(H,23,25). The van der Waals surface area contributed by atoms with Crippen LogP contribution in [0.1, 0.15) is 20.8 Å². The highest BCUT2D eigenvalue weighted by molar-refractivity contribution is 6.03. The number of ether oxygens (including phenoxy) is 1. The van der Waals surface area contributed by atoms with Crippen molar-refractivity contribution in [2.75, 3.05) is 17.7 Å². The Bertz CT molecular complexity index is 977. The molecule has 0 saturated heterocycles. The fraction of sp³-hybridized carbons (Fsp3) is 0.0526. The van der Waals surface area contributed by atoms with Crippen LogP contribution < -0.4 is 10.6 Å². The summed E-state index contributed by atoms with van der Waals surface area (Å²) < 4.78 is 18.3. The Balaban J connectivity index is 1.69. The Morgan fingerprint density at radius 1 is 1.04 bits per heavy atom. The van der Waals surface area contributed by atoms with Crippen molar-refractivity contribution in [1.82, 2.24) is 9.97 Å². The van der Waals surface area contributed by atoms with Gasteiger partial charge in [0.2, 0.25) is 0 Å². The van der Waals surface area contributed by atoms with E-state index in [1.165, 1.54) is 31.6 Å². The quantitative estimate of drug-likeness (QED) is 0.672. The summed E-state index contributed by atoms with van der Waals surface area (Å²) in [5, 5.41) is 5.41. The number of hydrogen-bond donors (Lipinski definition) is 2. The second kappa shape index (κ2) is 8.05. The Kier molecular flexibility index (Phi) is 5.36. The van der Waals surface area contributed by atoms with E-state index in [0.717, 1.165) is 0 Å². The summed E-state index contributed by atoms with van der Waals surface area (Å²) in [7, 11) is 1.28. The minimum atomic E-state index is -0.505. The molecule has 1 aromatic heterocycles. The molecule has 2 N–H and O–H groups in total. The molecule has 0 bridgehead atoms. The summed E-state index contributed by atoms with van der Waals surface area (Å²) in [6.45, 7) is 0. The number of aromatic nitrogens is 2. The number of carbonyl (C=O) groups excluding carboxylic acids is 2. The van der Waals surface area contributed by atoms with Crippen molar-refractivity contribution in [3.8, 4) is 0 Å². The van der Waals surface area contributed by atoms with Crippen LogP contribution in [0.3, 0.4) is 0 Å². The fourth-order valence-corrected chi connectivity index (χ4v) is 2.25. The minimum Gasteiger partial charge on any atom is -0.465 e. The van der Waals surface area contributed by atoms with E-state index in [-0.39, 0.29) is 11.4 Å². The smallest absolute Gasteiger partial charge is 0.337 e. The van der Waals surface area contributed by atoms with Gasteiger partial charge in [0.15, 0.2) is 0 Å². The highest BCUT2D eigenvalue weighted by atomic mass is 19.1. The van der Waals surface area contributed by atoms with Gasteiger partial charge in [0, 0.05) is 5.69 Å². The number of para-hydroxylation sites is 1. The summed E-state index contributed by atoms with van der Waals surface area (Å²) in [4.78, 5) is 31.9. The van der Waals surface area contributed by atoms with Crippen molar-refractivity contribution in [3.63, 3.8) is 0 Å². The lowest BCUT2D eigenvalue weighted by Gasteiger charge is -2.08. The van der Waals surface area contributed by atoms with Crippen LogP contribution in [0.25, 0.3) is 0 Å². The van der Waals surface area contributed by atoms with Gasteiger partial charge in [-0.3, -0.25) is 4.79 Å². The molecular formula is C19H15FN4O3. The number of halogens is 1. The molecule has 8 heteroatoms. The van der Waals surface area contributed by atoms with Crippen LogP contribution in [0.5, 0.6) is 0 Å². The van der Waals surface area contributed by atoms with Crippen LogP contribution in [0.15, 0.2) is 60.9 Å². The van der Waals surface area contributed by atoms with Gasteiger partial charge in [-0.25, -0.2) is 19.2 Å². The van der Waals surface area contributed by atoms with E-state index in [9.17, 15) is 14.0 Å². The molecule has 136 valence electrons. The van der Waals surface area contributed by atoms with Crippen LogP contribution in [0, 0.1) is 5.82 Å². The maximum absolute atomic E-state index is 13.6. The van der Waals surface area contributed by atoms with Crippen molar-refractivity contribution in [3.05, 3.63) is 78.0 Å². The van der Waals surface area contributed by atoms with Crippen LogP contribution in [0.2, 0.25) is 0 Å². The SMILES string of the molecule is COC(=O)c1cccc(NC(=O)c2cnc(Nc3ccccc3F)cn2)c1. The summed E-state index contributed by atoms with van der Waals surface area (Å²) in [6.07, 6.45) is 2.59. The third-order valence-corrected chi connectivity index (χ3v) is 3.56. The van der Waals surface area contributed by atoms with Gasteiger partial charge in [-0.05, 0) is 30.3 Å². The number of amides is 1. The molecular weight excluding hydrogens is 351 g/mol. The Morgan fingerprint density at radius 3 is 2.56 bits per heavy atom. The number of nitrogens with zero attached hydrogens (tertiary/aromatic N) is 2. The first-order valence-corrected chi connectivity index (χ1v) is 7.90. The van der Waals surface area contributed by atoms with E-state index in [4.69, 9.17) is 0 Å². The summed E-state index contributed by atoms with van der Waals surface area (Å²) in [6, 6.07) is 12.5. The molecule has 0 aliphatic rings. The molecule has 0 fully saturated rings. The number of hydrogen-bond acceptors (Lipinski definition) is 6. The third kappa shape index (κ3) is 4.43. The maximum Gasteiger partial charge on any atom is 0.337 e. The van der Waals surface area contributed by atoms with E-state index in [0.29, 0.717) is 17.1 Å². The largest absolute Gasteiger partial charge is 0.465 e. The van der Waals surface area contributed by atoms with Gasteiger partial charge in [0.25, 0.3) is 5.91 Å². The zero-order chi connectivity index (χ0) is 19.2. The number of anilines is 3.